The second-order valence-electron chi connectivity index (χ2n) is 6.78. The van der Waals surface area contributed by atoms with Crippen molar-refractivity contribution in [3.05, 3.63) is 17.6 Å². The Kier molecular flexibility index (Phi) is 5.46. The smallest absolute Gasteiger partial charge is 0.282 e. The van der Waals surface area contributed by atoms with E-state index >= 15 is 0 Å². The Balaban J connectivity index is 1.58. The number of carbonyl (C=O) groups excluding carboxylic acids is 2. The molecule has 0 N–H and O–H groups in total. The predicted octanol–water partition coefficient (Wildman–Crippen LogP) is 1.73. The molecule has 2 fully saturated rings. The first kappa shape index (κ1) is 18.0. The van der Waals surface area contributed by atoms with Crippen LogP contribution in [0.3, 0.4) is 0 Å². The number of hydrogen-bond acceptors (Lipinski definition) is 6. The van der Waals surface area contributed by atoms with Crippen LogP contribution in [0.15, 0.2) is 6.07 Å². The lowest BCUT2D eigenvalue weighted by atomic mass is 10.2. The largest absolute Gasteiger partial charge is 0.353 e. The molecule has 2 aliphatic rings. The molecule has 0 spiro atoms. The highest BCUT2D eigenvalue weighted by molar-refractivity contribution is 8.13. The fourth-order valence-corrected chi connectivity index (χ4v) is 3.84. The number of piperazine rings is 1. The van der Waals surface area contributed by atoms with Crippen molar-refractivity contribution in [2.75, 3.05) is 49.9 Å². The van der Waals surface area contributed by atoms with Crippen molar-refractivity contribution >= 4 is 28.7 Å². The third-order valence-corrected chi connectivity index (χ3v) is 5.39. The molecule has 0 atom stereocenters. The standard InChI is InChI=1S/C17H25N5O2S/c1-12(2)16-18-13(3)10-14(19-16)20-4-6-21(7-5-20)15(23)11-22-8-9-25-17(22)24/h10,12H,4-9,11H2,1-3H3. The Morgan fingerprint density at radius 3 is 2.52 bits per heavy atom. The van der Waals surface area contributed by atoms with Crippen molar-refractivity contribution in [1.29, 1.82) is 0 Å². The molecule has 0 unspecified atom stereocenters. The normalized spacial score (nSPS) is 18.4. The summed E-state index contributed by atoms with van der Waals surface area (Å²) in [7, 11) is 0. The molecule has 1 aromatic rings. The van der Waals surface area contributed by atoms with Gasteiger partial charge >= 0.3 is 0 Å². The molecule has 1 aromatic heterocycles. The Bertz CT molecular complexity index is 658. The lowest BCUT2D eigenvalue weighted by Gasteiger charge is -2.36. The minimum atomic E-state index is 0.0182. The SMILES string of the molecule is Cc1cc(N2CCN(C(=O)CN3CCSC3=O)CC2)nc(C(C)C)n1. The first-order valence-corrected chi connectivity index (χ1v) is 9.72. The molecule has 3 rings (SSSR count). The van der Waals surface area contributed by atoms with E-state index in [0.29, 0.717) is 19.6 Å². The lowest BCUT2D eigenvalue weighted by molar-refractivity contribution is -0.131. The summed E-state index contributed by atoms with van der Waals surface area (Å²) in [6, 6.07) is 2.00. The fraction of sp³-hybridized carbons (Fsp3) is 0.647. The van der Waals surface area contributed by atoms with Crippen LogP contribution < -0.4 is 4.90 Å². The van der Waals surface area contributed by atoms with E-state index in [1.54, 1.807) is 4.90 Å². The zero-order valence-corrected chi connectivity index (χ0v) is 15.9. The second-order valence-corrected chi connectivity index (χ2v) is 7.83. The van der Waals surface area contributed by atoms with Crippen molar-refractivity contribution in [3.8, 4) is 0 Å². The van der Waals surface area contributed by atoms with Gasteiger partial charge in [-0.2, -0.15) is 0 Å². The first-order valence-electron chi connectivity index (χ1n) is 8.74. The molecule has 0 aromatic carbocycles. The van der Waals surface area contributed by atoms with Crippen molar-refractivity contribution in [1.82, 2.24) is 19.8 Å². The van der Waals surface area contributed by atoms with E-state index in [1.807, 2.05) is 17.9 Å². The molecule has 25 heavy (non-hydrogen) atoms. The monoisotopic (exact) mass is 363 g/mol. The molecule has 7 nitrogen and oxygen atoms in total. The van der Waals surface area contributed by atoms with Crippen LogP contribution in [0.1, 0.15) is 31.3 Å². The zero-order valence-electron chi connectivity index (χ0n) is 15.1. The van der Waals surface area contributed by atoms with Gasteiger partial charge in [-0.1, -0.05) is 25.6 Å². The second kappa shape index (κ2) is 7.59. The van der Waals surface area contributed by atoms with Gasteiger partial charge in [0, 0.05) is 56.2 Å². The highest BCUT2D eigenvalue weighted by Crippen LogP contribution is 2.20. The van der Waals surface area contributed by atoms with Gasteiger partial charge in [0.15, 0.2) is 0 Å². The molecule has 0 saturated carbocycles. The van der Waals surface area contributed by atoms with Gasteiger partial charge in [-0.25, -0.2) is 9.97 Å². The Morgan fingerprint density at radius 1 is 1.20 bits per heavy atom. The van der Waals surface area contributed by atoms with E-state index in [9.17, 15) is 9.59 Å². The first-order chi connectivity index (χ1) is 11.9. The van der Waals surface area contributed by atoms with Gasteiger partial charge in [0.2, 0.25) is 5.91 Å². The van der Waals surface area contributed by atoms with E-state index in [2.05, 4.69) is 28.7 Å². The quantitative estimate of drug-likeness (QED) is 0.811. The molecule has 136 valence electrons. The summed E-state index contributed by atoms with van der Waals surface area (Å²) in [5, 5.41) is 0.0182. The number of amides is 2. The molecule has 0 radical (unpaired) electrons. The number of rotatable bonds is 4. The summed E-state index contributed by atoms with van der Waals surface area (Å²) in [5.41, 5.74) is 0.970. The van der Waals surface area contributed by atoms with Gasteiger partial charge in [0.1, 0.15) is 18.2 Å². The highest BCUT2D eigenvalue weighted by atomic mass is 32.2. The lowest BCUT2D eigenvalue weighted by Crippen LogP contribution is -2.51. The van der Waals surface area contributed by atoms with Crippen molar-refractivity contribution in [2.24, 2.45) is 0 Å². The molecule has 0 bridgehead atoms. The number of nitrogens with zero attached hydrogens (tertiary/aromatic N) is 5. The summed E-state index contributed by atoms with van der Waals surface area (Å²) in [6.45, 7) is 9.87. The Hall–Kier alpha value is -1.83. The van der Waals surface area contributed by atoms with Crippen LogP contribution in [0.2, 0.25) is 0 Å². The van der Waals surface area contributed by atoms with Crippen LogP contribution in [-0.4, -0.2) is 75.9 Å². The van der Waals surface area contributed by atoms with Crippen LogP contribution in [0, 0.1) is 6.92 Å². The molecule has 2 aliphatic heterocycles. The highest BCUT2D eigenvalue weighted by Gasteiger charge is 2.28. The van der Waals surface area contributed by atoms with Crippen LogP contribution in [-0.2, 0) is 4.79 Å². The van der Waals surface area contributed by atoms with Gasteiger partial charge in [-0.15, -0.1) is 0 Å². The number of carbonyl (C=O) groups is 2. The number of aryl methyl sites for hydroxylation is 1. The topological polar surface area (TPSA) is 69.6 Å². The summed E-state index contributed by atoms with van der Waals surface area (Å²) in [5.74, 6) is 2.91. The molecule has 2 amide bonds. The van der Waals surface area contributed by atoms with Crippen LogP contribution in [0.25, 0.3) is 0 Å². The molecular weight excluding hydrogens is 338 g/mol. The molecule has 3 heterocycles. The van der Waals surface area contributed by atoms with E-state index in [-0.39, 0.29) is 23.6 Å². The third kappa shape index (κ3) is 4.23. The minimum absolute atomic E-state index is 0.0182. The van der Waals surface area contributed by atoms with Crippen molar-refractivity contribution in [3.63, 3.8) is 0 Å². The van der Waals surface area contributed by atoms with Gasteiger partial charge in [0.25, 0.3) is 5.24 Å². The molecule has 2 saturated heterocycles. The van der Waals surface area contributed by atoms with E-state index < -0.39 is 0 Å². The Morgan fingerprint density at radius 2 is 1.92 bits per heavy atom. The van der Waals surface area contributed by atoms with Crippen molar-refractivity contribution < 1.29 is 9.59 Å². The number of thioether (sulfide) groups is 1. The molecule has 8 heteroatoms. The predicted molar refractivity (Wildman–Crippen MR) is 99.1 cm³/mol. The van der Waals surface area contributed by atoms with Gasteiger partial charge in [-0.3, -0.25) is 9.59 Å². The maximum atomic E-state index is 12.4. The summed E-state index contributed by atoms with van der Waals surface area (Å²) in [4.78, 5) is 38.9. The van der Waals surface area contributed by atoms with E-state index in [0.717, 1.165) is 36.2 Å². The number of aromatic nitrogens is 2. The van der Waals surface area contributed by atoms with E-state index in [4.69, 9.17) is 0 Å². The van der Waals surface area contributed by atoms with Crippen LogP contribution in [0.4, 0.5) is 10.6 Å². The molecule has 0 aliphatic carbocycles. The fourth-order valence-electron chi connectivity index (χ4n) is 3.01. The summed E-state index contributed by atoms with van der Waals surface area (Å²) >= 11 is 1.29. The van der Waals surface area contributed by atoms with Gasteiger partial charge < -0.3 is 14.7 Å². The maximum Gasteiger partial charge on any atom is 0.282 e. The summed E-state index contributed by atoms with van der Waals surface area (Å²) < 4.78 is 0. The number of hydrogen-bond donors (Lipinski definition) is 0. The minimum Gasteiger partial charge on any atom is -0.353 e. The zero-order chi connectivity index (χ0) is 18.0. The maximum absolute atomic E-state index is 12.4. The average molecular weight is 363 g/mol. The van der Waals surface area contributed by atoms with E-state index in [1.165, 1.54) is 11.8 Å². The van der Waals surface area contributed by atoms with Gasteiger partial charge in [-0.05, 0) is 6.92 Å². The Labute approximate surface area is 152 Å². The van der Waals surface area contributed by atoms with Crippen molar-refractivity contribution in [2.45, 2.75) is 26.7 Å². The number of anilines is 1. The third-order valence-electron chi connectivity index (χ3n) is 4.50. The summed E-state index contributed by atoms with van der Waals surface area (Å²) in [6.07, 6.45) is 0. The average Bonchev–Trinajstić information content (AvgIpc) is 2.99. The van der Waals surface area contributed by atoms with Gasteiger partial charge in [0.05, 0.1) is 0 Å². The molecular formula is C17H25N5O2S. The van der Waals surface area contributed by atoms with Crippen LogP contribution >= 0.6 is 11.8 Å². The van der Waals surface area contributed by atoms with Crippen LogP contribution in [0.5, 0.6) is 0 Å².